The monoisotopic (exact) mass is 872 g/mol. The minimum atomic E-state index is -0.465. The highest BCUT2D eigenvalue weighted by atomic mass is 16.5. The van der Waals surface area contributed by atoms with E-state index in [1.165, 1.54) is 0 Å². The Kier molecular flexibility index (Phi) is 8.55. The van der Waals surface area contributed by atoms with Gasteiger partial charge in [-0.05, 0) is 117 Å². The Hall–Kier alpha value is -7.24. The first-order chi connectivity index (χ1) is 35.6. The molecule has 5 heteroatoms. The van der Waals surface area contributed by atoms with Crippen LogP contribution < -0.4 is 9.30 Å². The molecule has 0 spiro atoms. The molecular weight excluding hydrogens is 805 g/mol. The summed E-state index contributed by atoms with van der Waals surface area (Å²) in [5, 5.41) is 1.03. The van der Waals surface area contributed by atoms with Gasteiger partial charge in [0.05, 0.1) is 45.8 Å². The predicted molar refractivity (Wildman–Crippen MR) is 274 cm³/mol. The Morgan fingerprint density at radius 3 is 2.05 bits per heavy atom. The molecule has 10 aromatic rings. The Bertz CT molecular complexity index is 3870. The number of benzene rings is 7. The van der Waals surface area contributed by atoms with Gasteiger partial charge < -0.3 is 4.74 Å². The molecule has 0 saturated carbocycles. The van der Waals surface area contributed by atoms with Crippen molar-refractivity contribution in [1.82, 2.24) is 14.1 Å². The standard InChI is InChI=1S/C61H58N4O/c1-9-41(10-2)43-32-33-62-58(36-43)65-54-27-15-14-24-52(54)53-31-30-49(39-57(53)65)66-48-23-18-22-47(38-48)63-40-64(56-29-17-16-28-55(56)63)59-50(42-20-12-11-13-21-42)25-19-26-51(59)44-34-45(60(3,4)5)37-46(35-44)61(6,7)8/h11-39,41H,9-10H2,1-8H3/i11D,12D,13D,14D,15D,20D,21D,24D,27D. The first kappa shape index (κ1) is 33.3. The molecular formula is C61H58N4O. The number of imidazole rings is 1. The number of hydrogen-bond donors (Lipinski definition) is 0. The summed E-state index contributed by atoms with van der Waals surface area (Å²) in [6.45, 7) is 17.4. The van der Waals surface area contributed by atoms with E-state index in [0.29, 0.717) is 56.1 Å². The van der Waals surface area contributed by atoms with Crippen LogP contribution in [0.5, 0.6) is 11.5 Å². The van der Waals surface area contributed by atoms with Crippen LogP contribution in [0, 0.1) is 6.33 Å². The van der Waals surface area contributed by atoms with Crippen LogP contribution in [-0.4, -0.2) is 14.1 Å². The zero-order valence-electron chi connectivity index (χ0n) is 47.7. The van der Waals surface area contributed by atoms with Gasteiger partial charge in [-0.2, -0.15) is 0 Å². The van der Waals surface area contributed by atoms with Crippen molar-refractivity contribution in [2.75, 3.05) is 0 Å². The number of aromatic nitrogens is 4. The molecule has 3 aromatic heterocycles. The fourth-order valence-corrected chi connectivity index (χ4v) is 9.06. The number of fused-ring (bicyclic) bond motifs is 4. The summed E-state index contributed by atoms with van der Waals surface area (Å²) in [5.74, 6) is 1.80. The maximum absolute atomic E-state index is 9.21. The number of para-hydroxylation sites is 4. The van der Waals surface area contributed by atoms with Gasteiger partial charge in [-0.3, -0.25) is 13.7 Å². The van der Waals surface area contributed by atoms with Gasteiger partial charge in [0.25, 0.3) is 6.33 Å². The van der Waals surface area contributed by atoms with E-state index in [-0.39, 0.29) is 58.6 Å². The molecule has 0 amide bonds. The Labute approximate surface area is 402 Å². The van der Waals surface area contributed by atoms with Crippen molar-refractivity contribution < 1.29 is 21.6 Å². The highest BCUT2D eigenvalue weighted by Crippen LogP contribution is 2.40. The van der Waals surface area contributed by atoms with E-state index in [4.69, 9.17) is 19.3 Å². The highest BCUT2D eigenvalue weighted by molar-refractivity contribution is 6.09. The maximum Gasteiger partial charge on any atom is 0.269 e. The van der Waals surface area contributed by atoms with E-state index in [1.54, 1.807) is 12.3 Å². The molecule has 0 unspecified atom stereocenters. The van der Waals surface area contributed by atoms with Crippen molar-refractivity contribution in [2.24, 2.45) is 0 Å². The first-order valence-corrected chi connectivity index (χ1v) is 22.7. The van der Waals surface area contributed by atoms with Crippen LogP contribution in [0.3, 0.4) is 0 Å². The second-order valence-corrected chi connectivity index (χ2v) is 19.1. The average molecular weight is 872 g/mol. The van der Waals surface area contributed by atoms with Crippen molar-refractivity contribution in [3.8, 4) is 50.9 Å². The molecule has 0 aliphatic rings. The zero-order valence-corrected chi connectivity index (χ0v) is 38.7. The van der Waals surface area contributed by atoms with Gasteiger partial charge in [0.2, 0.25) is 0 Å². The highest BCUT2D eigenvalue weighted by Gasteiger charge is 2.25. The first-order valence-electron chi connectivity index (χ1n) is 27.2. The molecule has 5 nitrogen and oxygen atoms in total. The van der Waals surface area contributed by atoms with Crippen LogP contribution in [0.15, 0.2) is 176 Å². The maximum atomic E-state index is 9.21. The number of rotatable bonds is 10. The SMILES string of the molecule is [2H]c1c([2H])c([2H])c(-c2cccc(-c3cc(C(C)(C)C)cc(C(C)(C)C)c3)c2-[n+]2[c-]n(-c3cccc(Oc4ccc5c6c([2H])c([2H])c([2H])c([2H])c6n(-c6cc(C(CC)CC)ccn6)c5c4)c3)c3ccccc32)c([2H])c1[2H]. The quantitative estimate of drug-likeness (QED) is 0.101. The zero-order chi connectivity index (χ0) is 53.6. The normalized spacial score (nSPS) is 14.1. The minimum absolute atomic E-state index is 0.0813. The van der Waals surface area contributed by atoms with E-state index in [0.717, 1.165) is 51.7 Å². The lowest BCUT2D eigenvalue weighted by Crippen LogP contribution is -2.31. The number of pyridine rings is 1. The van der Waals surface area contributed by atoms with E-state index < -0.39 is 18.1 Å². The third-order valence-electron chi connectivity index (χ3n) is 12.7. The second-order valence-electron chi connectivity index (χ2n) is 19.1. The molecule has 0 N–H and O–H groups in total. The largest absolute Gasteiger partial charge is 0.458 e. The molecule has 0 atom stereocenters. The van der Waals surface area contributed by atoms with Crippen LogP contribution in [0.2, 0.25) is 0 Å². The third kappa shape index (κ3) is 7.87. The van der Waals surface area contributed by atoms with Crippen molar-refractivity contribution in [1.29, 1.82) is 0 Å². The fourth-order valence-electron chi connectivity index (χ4n) is 9.06. The molecule has 0 aliphatic heterocycles. The van der Waals surface area contributed by atoms with E-state index in [1.807, 2.05) is 105 Å². The molecule has 0 saturated heterocycles. The smallest absolute Gasteiger partial charge is 0.269 e. The van der Waals surface area contributed by atoms with Crippen LogP contribution >= 0.6 is 0 Å². The van der Waals surface area contributed by atoms with E-state index >= 15 is 0 Å². The van der Waals surface area contributed by atoms with Gasteiger partial charge in [-0.25, -0.2) is 4.98 Å². The van der Waals surface area contributed by atoms with Crippen molar-refractivity contribution >= 4 is 32.8 Å². The van der Waals surface area contributed by atoms with Gasteiger partial charge in [-0.1, -0.05) is 170 Å². The summed E-state index contributed by atoms with van der Waals surface area (Å²) in [6.07, 6.45) is 7.28. The summed E-state index contributed by atoms with van der Waals surface area (Å²) in [4.78, 5) is 4.77. The van der Waals surface area contributed by atoms with E-state index in [2.05, 4.69) is 79.9 Å². The molecule has 66 heavy (non-hydrogen) atoms. The second kappa shape index (κ2) is 17.0. The topological polar surface area (TPSA) is 35.9 Å². The number of nitrogens with zero attached hydrogens (tertiary/aromatic N) is 4. The molecule has 3 heterocycles. The minimum Gasteiger partial charge on any atom is -0.458 e. The van der Waals surface area contributed by atoms with Gasteiger partial charge in [-0.15, -0.1) is 0 Å². The molecule has 0 bridgehead atoms. The van der Waals surface area contributed by atoms with Crippen LogP contribution in [0.1, 0.15) is 103 Å². The lowest BCUT2D eigenvalue weighted by atomic mass is 9.78. The summed E-state index contributed by atoms with van der Waals surface area (Å²) >= 11 is 0. The van der Waals surface area contributed by atoms with Crippen LogP contribution in [0.4, 0.5) is 0 Å². The average Bonchev–Trinajstić information content (AvgIpc) is 3.96. The lowest BCUT2D eigenvalue weighted by molar-refractivity contribution is -0.571. The lowest BCUT2D eigenvalue weighted by Gasteiger charge is -2.27. The summed E-state index contributed by atoms with van der Waals surface area (Å²) in [6, 6.07) is 34.5. The summed E-state index contributed by atoms with van der Waals surface area (Å²) < 4.78 is 92.1. The molecule has 0 aliphatic carbocycles. The molecule has 328 valence electrons. The Balaban J connectivity index is 1.16. The van der Waals surface area contributed by atoms with Crippen LogP contribution in [0.25, 0.3) is 72.3 Å². The molecule has 0 radical (unpaired) electrons. The molecule has 10 rings (SSSR count). The Morgan fingerprint density at radius 2 is 1.30 bits per heavy atom. The van der Waals surface area contributed by atoms with Gasteiger partial charge in [0.1, 0.15) is 17.3 Å². The van der Waals surface area contributed by atoms with Gasteiger partial charge in [0.15, 0.2) is 0 Å². The molecule has 7 aromatic carbocycles. The van der Waals surface area contributed by atoms with Gasteiger partial charge in [0, 0.05) is 23.0 Å². The molecule has 0 fully saturated rings. The van der Waals surface area contributed by atoms with Crippen molar-refractivity contribution in [3.63, 3.8) is 0 Å². The Morgan fingerprint density at radius 1 is 0.621 bits per heavy atom. The predicted octanol–water partition coefficient (Wildman–Crippen LogP) is 15.8. The van der Waals surface area contributed by atoms with Crippen molar-refractivity contribution in [2.45, 2.75) is 85.0 Å². The fraction of sp³-hybridized carbons (Fsp3) is 0.213. The number of hydrogen-bond acceptors (Lipinski definition) is 2. The third-order valence-corrected chi connectivity index (χ3v) is 12.7. The summed E-state index contributed by atoms with van der Waals surface area (Å²) in [7, 11) is 0. The van der Waals surface area contributed by atoms with Crippen molar-refractivity contribution in [3.05, 3.63) is 199 Å². The van der Waals surface area contributed by atoms with E-state index in [9.17, 15) is 2.74 Å². The number of ether oxygens (including phenoxy) is 1. The van der Waals surface area contributed by atoms with Gasteiger partial charge >= 0.3 is 0 Å². The van der Waals surface area contributed by atoms with Crippen LogP contribution in [-0.2, 0) is 10.8 Å². The summed E-state index contributed by atoms with van der Waals surface area (Å²) in [5.41, 5.74) is 8.94.